The maximum absolute atomic E-state index is 13.9. The van der Waals surface area contributed by atoms with Gasteiger partial charge in [0, 0.05) is 25.9 Å². The number of rotatable bonds is 18. The minimum atomic E-state index is -4.24. The number of hydrogen-bond acceptors (Lipinski definition) is 8. The van der Waals surface area contributed by atoms with Gasteiger partial charge in [-0.3, -0.25) is 14.4 Å². The van der Waals surface area contributed by atoms with E-state index < -0.39 is 51.7 Å². The average molecular weight is 715 g/mol. The molecule has 0 bridgehead atoms. The van der Waals surface area contributed by atoms with Crippen LogP contribution in [0.2, 0.25) is 0 Å². The number of nitrogens with zero attached hydrogens (tertiary/aromatic N) is 1. The lowest BCUT2D eigenvalue weighted by molar-refractivity contribution is -0.133. The number of hydrogen-bond donors (Lipinski definition) is 4. The van der Waals surface area contributed by atoms with Crippen LogP contribution in [0.5, 0.6) is 0 Å². The van der Waals surface area contributed by atoms with E-state index in [0.29, 0.717) is 6.42 Å². The maximum atomic E-state index is 13.9. The Hall–Kier alpha value is -3.94. The van der Waals surface area contributed by atoms with Crippen molar-refractivity contribution in [1.29, 1.82) is 0 Å². The second kappa shape index (κ2) is 18.3. The molecule has 4 N–H and O–H groups in total. The van der Waals surface area contributed by atoms with Crippen molar-refractivity contribution in [3.8, 4) is 0 Å². The van der Waals surface area contributed by atoms with Gasteiger partial charge in [-0.1, -0.05) is 109 Å². The van der Waals surface area contributed by atoms with Crippen LogP contribution in [0.1, 0.15) is 66.0 Å². The number of ether oxygens (including phenoxy) is 2. The van der Waals surface area contributed by atoms with Crippen LogP contribution in [0.3, 0.4) is 0 Å². The smallest absolute Gasteiger partial charge is 0.279 e. The molecule has 1 aliphatic rings. The number of aliphatic hydroxyl groups is 1. The van der Waals surface area contributed by atoms with E-state index in [-0.39, 0.29) is 55.3 Å². The Labute approximate surface area is 297 Å². The average Bonchev–Trinajstić information content (AvgIpc) is 3.51. The van der Waals surface area contributed by atoms with Gasteiger partial charge in [0.25, 0.3) is 15.1 Å². The highest BCUT2D eigenvalue weighted by Crippen LogP contribution is 2.27. The van der Waals surface area contributed by atoms with Crippen molar-refractivity contribution >= 4 is 27.7 Å². The molecule has 1 aliphatic heterocycles. The van der Waals surface area contributed by atoms with Gasteiger partial charge in [0.2, 0.25) is 24.0 Å². The van der Waals surface area contributed by atoms with E-state index in [9.17, 15) is 27.9 Å². The van der Waals surface area contributed by atoms with Crippen molar-refractivity contribution in [2.24, 2.45) is 17.3 Å². The van der Waals surface area contributed by atoms with E-state index in [1.807, 2.05) is 88.4 Å². The Balaban J connectivity index is 1.80. The first-order valence-corrected chi connectivity index (χ1v) is 18.5. The maximum Gasteiger partial charge on any atom is 0.279 e. The van der Waals surface area contributed by atoms with E-state index in [2.05, 4.69) is 16.0 Å². The first-order valence-electron chi connectivity index (χ1n) is 17.1. The Morgan fingerprint density at radius 1 is 0.860 bits per heavy atom. The van der Waals surface area contributed by atoms with Gasteiger partial charge in [-0.25, -0.2) is 8.42 Å². The molecule has 0 saturated heterocycles. The Kier molecular flexibility index (Phi) is 14.9. The number of aliphatic hydroxyl groups excluding tert-OH is 1. The lowest BCUT2D eigenvalue weighted by Gasteiger charge is -2.34. The van der Waals surface area contributed by atoms with Gasteiger partial charge in [-0.15, -0.1) is 0 Å². The summed E-state index contributed by atoms with van der Waals surface area (Å²) in [5.41, 5.74) is 0.969. The molecule has 0 aliphatic carbocycles. The number of nitrogens with one attached hydrogen (secondary N) is 3. The lowest BCUT2D eigenvalue weighted by Crippen LogP contribution is -2.59. The molecule has 2 aromatic carbocycles. The Morgan fingerprint density at radius 2 is 1.46 bits per heavy atom. The van der Waals surface area contributed by atoms with Crippen molar-refractivity contribution in [3.63, 3.8) is 0 Å². The fourth-order valence-corrected chi connectivity index (χ4v) is 6.91. The zero-order chi connectivity index (χ0) is 37.1. The predicted molar refractivity (Wildman–Crippen MR) is 191 cm³/mol. The van der Waals surface area contributed by atoms with E-state index in [1.165, 1.54) is 0 Å². The van der Waals surface area contributed by atoms with Gasteiger partial charge in [0.1, 0.15) is 12.3 Å². The highest BCUT2D eigenvalue weighted by molar-refractivity contribution is 7.92. The van der Waals surface area contributed by atoms with Crippen molar-refractivity contribution in [3.05, 3.63) is 83.1 Å². The molecule has 0 radical (unpaired) electrons. The number of sulfonamides is 1. The third-order valence-corrected chi connectivity index (χ3v) is 9.61. The topological polar surface area (TPSA) is 163 Å². The summed E-state index contributed by atoms with van der Waals surface area (Å²) >= 11 is 0. The number of amides is 3. The highest BCUT2D eigenvalue weighted by atomic mass is 32.2. The molecule has 3 amide bonds. The molecule has 0 saturated carbocycles. The molecule has 2 aromatic rings. The van der Waals surface area contributed by atoms with E-state index in [0.717, 1.165) is 21.7 Å². The van der Waals surface area contributed by atoms with Crippen LogP contribution in [-0.2, 0) is 46.7 Å². The Bertz CT molecular complexity index is 1540. The molecule has 50 heavy (non-hydrogen) atoms. The summed E-state index contributed by atoms with van der Waals surface area (Å²) in [5, 5.41) is 19.5. The van der Waals surface area contributed by atoms with Crippen LogP contribution in [0.25, 0.3) is 0 Å². The van der Waals surface area contributed by atoms with Crippen LogP contribution in [0, 0.1) is 17.3 Å². The largest absolute Gasteiger partial charge is 0.457 e. The molecular weight excluding hydrogens is 660 g/mol. The third kappa shape index (κ3) is 12.7. The summed E-state index contributed by atoms with van der Waals surface area (Å²) in [7, 11) is -4.24. The standard InChI is InChI=1S/C37H54N4O8S/c1-25(2)18-31(43)38-21-32(44)40-35(37(5,6)7)36(45)39-29(19-27-14-10-8-11-15-27)30(42)23-41(22-26(3)4)50(46,47)34-24-48-33(49-34)20-28-16-12-9-13-17-28/h8-17,24-26,29-30,33,35,42H,18-23H2,1-7H3,(H,38,43)(H,39,45)(H,40,44). The van der Waals surface area contributed by atoms with Crippen molar-refractivity contribution < 1.29 is 37.4 Å². The second-order valence-electron chi connectivity index (χ2n) is 14.6. The summed E-state index contributed by atoms with van der Waals surface area (Å²) in [6.45, 7) is 12.3. The molecule has 0 spiro atoms. The fourth-order valence-electron chi connectivity index (χ4n) is 5.40. The van der Waals surface area contributed by atoms with Crippen molar-refractivity contribution in [1.82, 2.24) is 20.3 Å². The second-order valence-corrected chi connectivity index (χ2v) is 16.5. The summed E-state index contributed by atoms with van der Waals surface area (Å²) < 4.78 is 40.3. The molecule has 4 atom stereocenters. The number of carbonyl (C=O) groups is 3. The van der Waals surface area contributed by atoms with Gasteiger partial charge in [0.05, 0.1) is 18.7 Å². The van der Waals surface area contributed by atoms with E-state index in [1.54, 1.807) is 20.8 Å². The van der Waals surface area contributed by atoms with Crippen LogP contribution in [0.4, 0.5) is 0 Å². The van der Waals surface area contributed by atoms with Gasteiger partial charge in [0.15, 0.2) is 0 Å². The summed E-state index contributed by atoms with van der Waals surface area (Å²) in [4.78, 5) is 38.8. The zero-order valence-electron chi connectivity index (χ0n) is 30.2. The first-order chi connectivity index (χ1) is 23.4. The van der Waals surface area contributed by atoms with Crippen molar-refractivity contribution in [2.45, 2.75) is 92.2 Å². The first kappa shape index (κ1) is 40.5. The van der Waals surface area contributed by atoms with Gasteiger partial charge < -0.3 is 30.5 Å². The summed E-state index contributed by atoms with van der Waals surface area (Å²) in [5.74, 6) is -1.35. The SMILES string of the molecule is CC(C)CC(=O)NCC(=O)NC(C(=O)NC(Cc1ccccc1)C(O)CN(CC(C)C)S(=O)(=O)C1=COC(Cc2ccccc2)O1)C(C)(C)C. The van der Waals surface area contributed by atoms with Gasteiger partial charge >= 0.3 is 0 Å². The summed E-state index contributed by atoms with van der Waals surface area (Å²) in [6.07, 6.45) is -0.309. The van der Waals surface area contributed by atoms with Gasteiger partial charge in [-0.2, -0.15) is 4.31 Å². The minimum Gasteiger partial charge on any atom is -0.457 e. The van der Waals surface area contributed by atoms with Crippen LogP contribution >= 0.6 is 0 Å². The van der Waals surface area contributed by atoms with E-state index >= 15 is 0 Å². The van der Waals surface area contributed by atoms with Crippen LogP contribution in [0.15, 0.2) is 72.0 Å². The van der Waals surface area contributed by atoms with Crippen molar-refractivity contribution in [2.75, 3.05) is 19.6 Å². The molecule has 0 fully saturated rings. The quantitative estimate of drug-likeness (QED) is 0.183. The molecule has 0 aromatic heterocycles. The molecule has 4 unspecified atom stereocenters. The third-order valence-electron chi connectivity index (χ3n) is 7.93. The molecular formula is C37H54N4O8S. The number of benzene rings is 2. The van der Waals surface area contributed by atoms with Crippen LogP contribution in [-0.4, -0.2) is 79.7 Å². The molecule has 276 valence electrons. The fraction of sp³-hybridized carbons (Fsp3) is 0.541. The van der Waals surface area contributed by atoms with E-state index in [4.69, 9.17) is 9.47 Å². The summed E-state index contributed by atoms with van der Waals surface area (Å²) in [6, 6.07) is 16.6. The molecule has 3 rings (SSSR count). The van der Waals surface area contributed by atoms with Gasteiger partial charge in [-0.05, 0) is 34.8 Å². The minimum absolute atomic E-state index is 0.0681. The highest BCUT2D eigenvalue weighted by Gasteiger charge is 2.39. The predicted octanol–water partition coefficient (Wildman–Crippen LogP) is 3.47. The Morgan fingerprint density at radius 3 is 2.02 bits per heavy atom. The van der Waals surface area contributed by atoms with Crippen LogP contribution < -0.4 is 16.0 Å². The normalized spacial score (nSPS) is 16.6. The molecule has 13 heteroatoms. The zero-order valence-corrected chi connectivity index (χ0v) is 31.0. The number of carbonyl (C=O) groups excluding carboxylic acids is 3. The monoisotopic (exact) mass is 714 g/mol. The molecule has 1 heterocycles. The lowest BCUT2D eigenvalue weighted by atomic mass is 9.85. The molecule has 12 nitrogen and oxygen atoms in total.